The monoisotopic (exact) mass is 289 g/mol. The summed E-state index contributed by atoms with van der Waals surface area (Å²) in [5.74, 6) is -0.821. The Morgan fingerprint density at radius 1 is 1.33 bits per heavy atom. The van der Waals surface area contributed by atoms with Gasteiger partial charge in [0.2, 0.25) is 5.95 Å². The maximum Gasteiger partial charge on any atom is 0.300 e. The molecule has 3 N–H and O–H groups in total. The lowest BCUT2D eigenvalue weighted by Gasteiger charge is -2.05. The number of anilines is 2. The zero-order chi connectivity index (χ0) is 15.6. The molecule has 0 aromatic carbocycles. The third-order valence-electron chi connectivity index (χ3n) is 2.66. The number of rotatable bonds is 3. The highest BCUT2D eigenvalue weighted by Crippen LogP contribution is 2.19. The molecule has 0 fully saturated rings. The maximum atomic E-state index is 12.1. The van der Waals surface area contributed by atoms with Crippen LogP contribution in [0.2, 0.25) is 0 Å². The quantitative estimate of drug-likeness (QED) is 0.616. The van der Waals surface area contributed by atoms with E-state index in [2.05, 4.69) is 25.5 Å². The van der Waals surface area contributed by atoms with Gasteiger partial charge >= 0.3 is 0 Å². The van der Waals surface area contributed by atoms with Gasteiger partial charge in [0.15, 0.2) is 0 Å². The van der Waals surface area contributed by atoms with Crippen molar-refractivity contribution in [3.05, 3.63) is 39.3 Å². The Labute approximate surface area is 118 Å². The molecule has 0 aliphatic rings. The molecule has 2 aromatic heterocycles. The zero-order valence-corrected chi connectivity index (χ0v) is 11.2. The van der Waals surface area contributed by atoms with Crippen LogP contribution in [0.5, 0.6) is 0 Å². The normalized spacial score (nSPS) is 10.2. The maximum absolute atomic E-state index is 12.1. The molecule has 0 saturated heterocycles. The SMILES string of the molecule is Cc1nnc(NC(=O)c2cc(N)ncc2[N+](=O)[O-])nc1C. The minimum Gasteiger partial charge on any atom is -0.384 e. The zero-order valence-electron chi connectivity index (χ0n) is 11.2. The Morgan fingerprint density at radius 3 is 2.67 bits per heavy atom. The van der Waals surface area contributed by atoms with Crippen molar-refractivity contribution in [3.8, 4) is 0 Å². The number of hydrogen-bond donors (Lipinski definition) is 2. The van der Waals surface area contributed by atoms with E-state index in [9.17, 15) is 14.9 Å². The molecular formula is C11H11N7O3. The molecule has 0 spiro atoms. The Morgan fingerprint density at radius 2 is 2.05 bits per heavy atom. The van der Waals surface area contributed by atoms with E-state index in [1.165, 1.54) is 0 Å². The smallest absolute Gasteiger partial charge is 0.300 e. The molecule has 21 heavy (non-hydrogen) atoms. The first-order valence-corrected chi connectivity index (χ1v) is 5.77. The van der Waals surface area contributed by atoms with Crippen molar-refractivity contribution < 1.29 is 9.72 Å². The molecule has 0 saturated carbocycles. The van der Waals surface area contributed by atoms with Crippen LogP contribution in [-0.2, 0) is 0 Å². The van der Waals surface area contributed by atoms with Crippen molar-refractivity contribution in [3.63, 3.8) is 0 Å². The van der Waals surface area contributed by atoms with Gasteiger partial charge in [0.05, 0.1) is 16.3 Å². The second-order valence-electron chi connectivity index (χ2n) is 4.14. The lowest BCUT2D eigenvalue weighted by Crippen LogP contribution is -2.17. The molecule has 0 bridgehead atoms. The summed E-state index contributed by atoms with van der Waals surface area (Å²) in [4.78, 5) is 29.9. The largest absolute Gasteiger partial charge is 0.384 e. The average molecular weight is 289 g/mol. The molecule has 10 nitrogen and oxygen atoms in total. The van der Waals surface area contributed by atoms with Gasteiger partial charge in [-0.2, -0.15) is 5.10 Å². The van der Waals surface area contributed by atoms with E-state index >= 15 is 0 Å². The van der Waals surface area contributed by atoms with Crippen molar-refractivity contribution in [2.45, 2.75) is 13.8 Å². The number of carbonyl (C=O) groups is 1. The number of nitrogens with two attached hydrogens (primary N) is 1. The molecule has 108 valence electrons. The van der Waals surface area contributed by atoms with Crippen LogP contribution >= 0.6 is 0 Å². The molecule has 0 aliphatic carbocycles. The van der Waals surface area contributed by atoms with Crippen molar-refractivity contribution in [2.75, 3.05) is 11.1 Å². The van der Waals surface area contributed by atoms with E-state index in [1.807, 2.05) is 0 Å². The minimum absolute atomic E-state index is 0.00937. The van der Waals surface area contributed by atoms with Gasteiger partial charge in [-0.15, -0.1) is 5.10 Å². The van der Waals surface area contributed by atoms with Crippen molar-refractivity contribution in [1.29, 1.82) is 0 Å². The highest BCUT2D eigenvalue weighted by molar-refractivity contribution is 6.06. The number of aryl methyl sites for hydroxylation is 2. The second kappa shape index (κ2) is 5.45. The topological polar surface area (TPSA) is 150 Å². The van der Waals surface area contributed by atoms with Crippen LogP contribution in [0.3, 0.4) is 0 Å². The second-order valence-corrected chi connectivity index (χ2v) is 4.14. The third-order valence-corrected chi connectivity index (χ3v) is 2.66. The van der Waals surface area contributed by atoms with Gasteiger partial charge in [-0.1, -0.05) is 0 Å². The van der Waals surface area contributed by atoms with Gasteiger partial charge in [-0.05, 0) is 19.9 Å². The molecule has 10 heteroatoms. The summed E-state index contributed by atoms with van der Waals surface area (Å²) in [5.41, 5.74) is 5.96. The summed E-state index contributed by atoms with van der Waals surface area (Å²) >= 11 is 0. The number of nitrogens with zero attached hydrogens (tertiary/aromatic N) is 5. The van der Waals surface area contributed by atoms with Crippen LogP contribution in [0, 0.1) is 24.0 Å². The van der Waals surface area contributed by atoms with Crippen LogP contribution < -0.4 is 11.1 Å². The first-order valence-electron chi connectivity index (χ1n) is 5.77. The van der Waals surface area contributed by atoms with E-state index in [4.69, 9.17) is 5.73 Å². The predicted octanol–water partition coefficient (Wildman–Crippen LogP) is 0.626. The standard InChI is InChI=1S/C11H11N7O3/c1-5-6(2)16-17-11(14-5)15-10(19)7-3-9(12)13-4-8(7)18(20)21/h3-4H,1-2H3,(H2,12,13)(H,14,15,17,19). The number of hydrogen-bond acceptors (Lipinski definition) is 8. The predicted molar refractivity (Wildman–Crippen MR) is 72.6 cm³/mol. The van der Waals surface area contributed by atoms with Crippen LogP contribution in [0.4, 0.5) is 17.5 Å². The summed E-state index contributed by atoms with van der Waals surface area (Å²) < 4.78 is 0. The summed E-state index contributed by atoms with van der Waals surface area (Å²) in [6.45, 7) is 3.42. The van der Waals surface area contributed by atoms with Crippen molar-refractivity contribution in [1.82, 2.24) is 20.2 Å². The van der Waals surface area contributed by atoms with Gasteiger partial charge in [-0.3, -0.25) is 20.2 Å². The molecule has 0 unspecified atom stereocenters. The van der Waals surface area contributed by atoms with Crippen LogP contribution in [0.25, 0.3) is 0 Å². The summed E-state index contributed by atoms with van der Waals surface area (Å²) in [5, 5.41) is 20.7. The fourth-order valence-electron chi connectivity index (χ4n) is 1.47. The number of aromatic nitrogens is 4. The Kier molecular flexibility index (Phi) is 3.69. The van der Waals surface area contributed by atoms with Gasteiger partial charge in [0.1, 0.15) is 17.6 Å². The fraction of sp³-hybridized carbons (Fsp3) is 0.182. The molecule has 2 aromatic rings. The molecule has 0 aliphatic heterocycles. The summed E-state index contributed by atoms with van der Waals surface area (Å²) in [7, 11) is 0. The number of nitrogens with one attached hydrogen (secondary N) is 1. The van der Waals surface area contributed by atoms with Gasteiger partial charge < -0.3 is 5.73 Å². The number of nitro groups is 1. The van der Waals surface area contributed by atoms with Crippen LogP contribution in [0.1, 0.15) is 21.7 Å². The molecule has 1 amide bonds. The van der Waals surface area contributed by atoms with Gasteiger partial charge in [0, 0.05) is 0 Å². The van der Waals surface area contributed by atoms with Gasteiger partial charge in [0.25, 0.3) is 11.6 Å². The van der Waals surface area contributed by atoms with Crippen LogP contribution in [-0.4, -0.2) is 31.0 Å². The number of carbonyl (C=O) groups excluding carboxylic acids is 1. The summed E-state index contributed by atoms with van der Waals surface area (Å²) in [6.07, 6.45) is 0.920. The lowest BCUT2D eigenvalue weighted by atomic mass is 10.2. The van der Waals surface area contributed by atoms with E-state index < -0.39 is 16.5 Å². The van der Waals surface area contributed by atoms with E-state index in [1.54, 1.807) is 13.8 Å². The van der Waals surface area contributed by atoms with E-state index in [-0.39, 0.29) is 17.3 Å². The Balaban J connectivity index is 2.34. The minimum atomic E-state index is -0.763. The number of amides is 1. The highest BCUT2D eigenvalue weighted by Gasteiger charge is 2.22. The number of nitrogen functional groups attached to an aromatic ring is 1. The van der Waals surface area contributed by atoms with Crippen molar-refractivity contribution >= 4 is 23.4 Å². The third kappa shape index (κ3) is 3.05. The average Bonchev–Trinajstić information content (AvgIpc) is 2.42. The number of pyridine rings is 1. The molecule has 2 heterocycles. The highest BCUT2D eigenvalue weighted by atomic mass is 16.6. The summed E-state index contributed by atoms with van der Waals surface area (Å²) in [6, 6.07) is 1.11. The Bertz CT molecular complexity index is 732. The van der Waals surface area contributed by atoms with Crippen LogP contribution in [0.15, 0.2) is 12.3 Å². The molecule has 0 atom stereocenters. The van der Waals surface area contributed by atoms with Crippen molar-refractivity contribution in [2.24, 2.45) is 0 Å². The first-order chi connectivity index (χ1) is 9.88. The fourth-order valence-corrected chi connectivity index (χ4v) is 1.47. The first kappa shape index (κ1) is 14.2. The van der Waals surface area contributed by atoms with E-state index in [0.717, 1.165) is 12.3 Å². The Hall–Kier alpha value is -3.17. The molecular weight excluding hydrogens is 278 g/mol. The van der Waals surface area contributed by atoms with Gasteiger partial charge in [-0.25, -0.2) is 9.97 Å². The molecule has 0 radical (unpaired) electrons. The molecule has 2 rings (SSSR count). The lowest BCUT2D eigenvalue weighted by molar-refractivity contribution is -0.385. The van der Waals surface area contributed by atoms with E-state index in [0.29, 0.717) is 11.4 Å².